The molecule has 0 saturated carbocycles. The van der Waals surface area contributed by atoms with E-state index in [0.29, 0.717) is 11.3 Å². The number of benzene rings is 1. The molecule has 1 aromatic rings. The van der Waals surface area contributed by atoms with Gasteiger partial charge in [0.15, 0.2) is 0 Å². The number of carbonyl (C=O) groups is 2. The third-order valence-corrected chi connectivity index (χ3v) is 2.53. The summed E-state index contributed by atoms with van der Waals surface area (Å²) in [5, 5.41) is 14.9. The molecule has 0 saturated heterocycles. The second kappa shape index (κ2) is 8.65. The summed E-state index contributed by atoms with van der Waals surface area (Å²) in [5.74, 6) is -1.16. The second-order valence-corrected chi connectivity index (χ2v) is 5.60. The van der Waals surface area contributed by atoms with Gasteiger partial charge in [0.05, 0.1) is 0 Å². The smallest absolute Gasteiger partial charge is 0.408 e. The zero-order valence-corrected chi connectivity index (χ0v) is 12.6. The average Bonchev–Trinajstić information content (AvgIpc) is 2.38. The highest BCUT2D eigenvalue weighted by Crippen LogP contribution is 2.14. The summed E-state index contributed by atoms with van der Waals surface area (Å²) in [6, 6.07) is 5.30. The predicted octanol–water partition coefficient (Wildman–Crippen LogP) is 3.78. The number of nitrogens with zero attached hydrogens (tertiary/aromatic N) is 3. The van der Waals surface area contributed by atoms with Gasteiger partial charge in [-0.15, -0.1) is 0 Å². The number of carbonyl (C=O) groups excluding carboxylic acids is 1. The molecule has 1 atom stereocenters. The Morgan fingerprint density at radius 1 is 1.35 bits per heavy atom. The molecule has 1 amide bonds. The van der Waals surface area contributed by atoms with Gasteiger partial charge in [0, 0.05) is 17.0 Å². The number of carboxylic acids is 1. The summed E-state index contributed by atoms with van der Waals surface area (Å²) in [7, 11) is 0. The monoisotopic (exact) mass is 322 g/mol. The van der Waals surface area contributed by atoms with E-state index in [0.717, 1.165) is 0 Å². The summed E-state index contributed by atoms with van der Waals surface area (Å²) in [6.45, 7) is 5.07. The summed E-state index contributed by atoms with van der Waals surface area (Å²) in [6.07, 6.45) is -0.698. The van der Waals surface area contributed by atoms with Gasteiger partial charge in [-0.25, -0.2) is 9.59 Å². The van der Waals surface area contributed by atoms with Crippen LogP contribution in [0.5, 0.6) is 0 Å². The fourth-order valence-electron chi connectivity index (χ4n) is 1.64. The molecule has 23 heavy (non-hydrogen) atoms. The molecule has 0 heterocycles. The first kappa shape index (κ1) is 20.3. The number of aliphatic carboxylic acids is 1. The zero-order valence-electron chi connectivity index (χ0n) is 12.6. The van der Waals surface area contributed by atoms with E-state index in [9.17, 15) is 14.7 Å². The molecular formula is C15H22N4O4. The minimum absolute atomic E-state index is 0. The lowest BCUT2D eigenvalue weighted by atomic mass is 10.1. The number of amides is 1. The van der Waals surface area contributed by atoms with Crippen molar-refractivity contribution in [2.45, 2.75) is 46.3 Å². The number of nitrogens with one attached hydrogen (secondary N) is 1. The van der Waals surface area contributed by atoms with Crippen molar-refractivity contribution >= 4 is 17.7 Å². The average molecular weight is 322 g/mol. The third kappa shape index (κ3) is 7.73. The van der Waals surface area contributed by atoms with Crippen LogP contribution < -0.4 is 5.32 Å². The Hall–Kier alpha value is -2.73. The number of ether oxygens (including phenoxy) is 1. The fraction of sp³-hybridized carbons (Fsp3) is 0.467. The molecule has 0 unspecified atom stereocenters. The Morgan fingerprint density at radius 3 is 2.35 bits per heavy atom. The van der Waals surface area contributed by atoms with Gasteiger partial charge in [0.25, 0.3) is 0 Å². The van der Waals surface area contributed by atoms with Crippen molar-refractivity contribution in [1.29, 1.82) is 0 Å². The van der Waals surface area contributed by atoms with Crippen molar-refractivity contribution in [3.63, 3.8) is 0 Å². The molecule has 0 aliphatic rings. The maximum absolute atomic E-state index is 11.7. The molecule has 0 aliphatic carbocycles. The highest BCUT2D eigenvalue weighted by molar-refractivity contribution is 5.80. The minimum atomic E-state index is -1.16. The molecule has 8 nitrogen and oxygen atoms in total. The van der Waals surface area contributed by atoms with E-state index in [1.165, 1.54) is 0 Å². The molecule has 1 aromatic carbocycles. The van der Waals surface area contributed by atoms with E-state index in [-0.39, 0.29) is 13.8 Å². The minimum Gasteiger partial charge on any atom is -0.480 e. The zero-order chi connectivity index (χ0) is 16.8. The molecule has 0 fully saturated rings. The van der Waals surface area contributed by atoms with Crippen LogP contribution in [-0.2, 0) is 16.0 Å². The summed E-state index contributed by atoms with van der Waals surface area (Å²) >= 11 is 0. The Labute approximate surface area is 135 Å². The number of hydrogen-bond acceptors (Lipinski definition) is 4. The molecule has 126 valence electrons. The van der Waals surface area contributed by atoms with Crippen molar-refractivity contribution in [3.8, 4) is 0 Å². The van der Waals surface area contributed by atoms with Gasteiger partial charge < -0.3 is 15.2 Å². The van der Waals surface area contributed by atoms with E-state index in [1.807, 2.05) is 0 Å². The standard InChI is InChI=1S/C14H18N4O4.CH4/c1-14(2,3)22-13(21)16-11(12(19)20)8-9-4-6-10(7-5-9)17-18-15;/h4-7,11H,8H2,1-3H3,(H,16,21)(H,19,20);1H4/t11-;/m0./s1. The van der Waals surface area contributed by atoms with Crippen LogP contribution in [-0.4, -0.2) is 28.8 Å². The van der Waals surface area contributed by atoms with Crippen LogP contribution in [0.25, 0.3) is 10.4 Å². The number of rotatable bonds is 5. The maximum atomic E-state index is 11.7. The predicted molar refractivity (Wildman–Crippen MR) is 86.5 cm³/mol. The molecule has 0 bridgehead atoms. The van der Waals surface area contributed by atoms with Crippen LogP contribution in [0.4, 0.5) is 10.5 Å². The quantitative estimate of drug-likeness (QED) is 0.486. The van der Waals surface area contributed by atoms with Crippen molar-refractivity contribution in [2.75, 3.05) is 0 Å². The summed E-state index contributed by atoms with van der Waals surface area (Å²) < 4.78 is 5.04. The summed E-state index contributed by atoms with van der Waals surface area (Å²) in [5.41, 5.74) is 8.72. The van der Waals surface area contributed by atoms with Gasteiger partial charge in [-0.1, -0.05) is 36.8 Å². The lowest BCUT2D eigenvalue weighted by Gasteiger charge is -2.22. The van der Waals surface area contributed by atoms with Crippen LogP contribution in [0, 0.1) is 0 Å². The van der Waals surface area contributed by atoms with Crippen LogP contribution in [0.15, 0.2) is 29.4 Å². The lowest BCUT2D eigenvalue weighted by Crippen LogP contribution is -2.44. The number of alkyl carbamates (subject to hydrolysis) is 1. The molecule has 0 aromatic heterocycles. The maximum Gasteiger partial charge on any atom is 0.408 e. The first-order valence-electron chi connectivity index (χ1n) is 6.57. The van der Waals surface area contributed by atoms with Crippen LogP contribution in [0.3, 0.4) is 0 Å². The van der Waals surface area contributed by atoms with Gasteiger partial charge >= 0.3 is 12.1 Å². The molecule has 8 heteroatoms. The number of hydrogen-bond donors (Lipinski definition) is 2. The molecule has 0 radical (unpaired) electrons. The number of azide groups is 1. The molecule has 0 spiro atoms. The second-order valence-electron chi connectivity index (χ2n) is 5.60. The largest absolute Gasteiger partial charge is 0.480 e. The number of carboxylic acid groups (broad SMARTS) is 1. The van der Waals surface area contributed by atoms with Gasteiger partial charge in [0.1, 0.15) is 11.6 Å². The normalized spacial score (nSPS) is 11.4. The van der Waals surface area contributed by atoms with Crippen LogP contribution >= 0.6 is 0 Å². The Kier molecular flexibility index (Phi) is 7.62. The first-order valence-corrected chi connectivity index (χ1v) is 6.57. The summed E-state index contributed by atoms with van der Waals surface area (Å²) in [4.78, 5) is 25.5. The Balaban J connectivity index is 0.00000484. The van der Waals surface area contributed by atoms with Crippen molar-refractivity contribution < 1.29 is 19.4 Å². The van der Waals surface area contributed by atoms with E-state index in [1.54, 1.807) is 45.0 Å². The van der Waals surface area contributed by atoms with E-state index >= 15 is 0 Å². The van der Waals surface area contributed by atoms with Gasteiger partial charge in [-0.3, -0.25) is 0 Å². The molecule has 1 rings (SSSR count). The fourth-order valence-corrected chi connectivity index (χ4v) is 1.64. The Morgan fingerprint density at radius 2 is 1.91 bits per heavy atom. The molecular weight excluding hydrogens is 300 g/mol. The highest BCUT2D eigenvalue weighted by atomic mass is 16.6. The van der Waals surface area contributed by atoms with Crippen molar-refractivity contribution in [1.82, 2.24) is 5.32 Å². The Bertz CT molecular complexity index is 586. The van der Waals surface area contributed by atoms with Crippen LogP contribution in [0.1, 0.15) is 33.8 Å². The van der Waals surface area contributed by atoms with Gasteiger partial charge in [0.2, 0.25) is 0 Å². The molecule has 2 N–H and O–H groups in total. The van der Waals surface area contributed by atoms with E-state index in [2.05, 4.69) is 15.3 Å². The van der Waals surface area contributed by atoms with Crippen molar-refractivity contribution in [2.24, 2.45) is 5.11 Å². The third-order valence-electron chi connectivity index (χ3n) is 2.53. The molecule has 0 aliphatic heterocycles. The van der Waals surface area contributed by atoms with Gasteiger partial charge in [-0.05, 0) is 31.9 Å². The van der Waals surface area contributed by atoms with Gasteiger partial charge in [-0.2, -0.15) is 0 Å². The van der Waals surface area contributed by atoms with Crippen molar-refractivity contribution in [3.05, 3.63) is 40.3 Å². The van der Waals surface area contributed by atoms with Crippen LogP contribution in [0.2, 0.25) is 0 Å². The SMILES string of the molecule is C.CC(C)(C)OC(=O)N[C@@H](Cc1ccc(N=[N+]=[N-])cc1)C(=O)O. The topological polar surface area (TPSA) is 124 Å². The highest BCUT2D eigenvalue weighted by Gasteiger charge is 2.24. The first-order chi connectivity index (χ1) is 10.2. The lowest BCUT2D eigenvalue weighted by molar-refractivity contribution is -0.139. The van der Waals surface area contributed by atoms with E-state index < -0.39 is 23.7 Å². The van der Waals surface area contributed by atoms with E-state index in [4.69, 9.17) is 10.3 Å².